The number of nitrogens with one attached hydrogen (secondary N) is 1. The van der Waals surface area contributed by atoms with E-state index in [2.05, 4.69) is 26.4 Å². The van der Waals surface area contributed by atoms with Gasteiger partial charge in [0.1, 0.15) is 17.5 Å². The largest absolute Gasteiger partial charge is 0.409 e. The first-order valence-corrected chi connectivity index (χ1v) is 6.43. The zero-order valence-corrected chi connectivity index (χ0v) is 12.3. The number of nitrogens with two attached hydrogens (primary N) is 1. The summed E-state index contributed by atoms with van der Waals surface area (Å²) >= 11 is 2.99. The van der Waals surface area contributed by atoms with Crippen LogP contribution in [0.2, 0.25) is 0 Å². The predicted molar refractivity (Wildman–Crippen MR) is 74.4 cm³/mol. The van der Waals surface area contributed by atoms with Gasteiger partial charge in [-0.05, 0) is 28.4 Å². The van der Waals surface area contributed by atoms with Crippen molar-refractivity contribution in [2.45, 2.75) is 20.3 Å². The second kappa shape index (κ2) is 6.18. The molecule has 0 unspecified atom stereocenters. The fraction of sp³-hybridized carbons (Fsp3) is 0.417. The second-order valence-electron chi connectivity index (χ2n) is 4.79. The fourth-order valence-corrected chi connectivity index (χ4v) is 1.77. The molecule has 0 heterocycles. The van der Waals surface area contributed by atoms with Crippen molar-refractivity contribution in [3.63, 3.8) is 0 Å². The van der Waals surface area contributed by atoms with Crippen LogP contribution in [0.3, 0.4) is 0 Å². The molecule has 0 aromatic heterocycles. The Morgan fingerprint density at radius 2 is 2.05 bits per heavy atom. The van der Waals surface area contributed by atoms with Crippen LogP contribution in [0.5, 0.6) is 0 Å². The van der Waals surface area contributed by atoms with Gasteiger partial charge in [0.15, 0.2) is 0 Å². The van der Waals surface area contributed by atoms with E-state index in [-0.39, 0.29) is 16.0 Å². The third kappa shape index (κ3) is 4.05. The highest BCUT2D eigenvalue weighted by Crippen LogP contribution is 2.25. The van der Waals surface area contributed by atoms with Gasteiger partial charge >= 0.3 is 0 Å². The molecule has 4 N–H and O–H groups in total. The molecule has 1 aromatic rings. The van der Waals surface area contributed by atoms with E-state index in [0.29, 0.717) is 13.0 Å². The summed E-state index contributed by atoms with van der Waals surface area (Å²) in [6, 6.07) is 2.14. The summed E-state index contributed by atoms with van der Waals surface area (Å²) in [6.07, 6.45) is 0.525. The molecule has 0 saturated heterocycles. The van der Waals surface area contributed by atoms with Crippen LogP contribution < -0.4 is 11.1 Å². The van der Waals surface area contributed by atoms with Crippen molar-refractivity contribution in [3.05, 3.63) is 28.2 Å². The van der Waals surface area contributed by atoms with E-state index < -0.39 is 17.0 Å². The van der Waals surface area contributed by atoms with Gasteiger partial charge in [-0.3, -0.25) is 0 Å². The van der Waals surface area contributed by atoms with Crippen molar-refractivity contribution >= 4 is 27.5 Å². The zero-order valence-electron chi connectivity index (χ0n) is 10.7. The lowest BCUT2D eigenvalue weighted by Crippen LogP contribution is -2.33. The van der Waals surface area contributed by atoms with Crippen LogP contribution in [0.4, 0.5) is 14.5 Å². The minimum atomic E-state index is -0.665. The van der Waals surface area contributed by atoms with Gasteiger partial charge in [-0.25, -0.2) is 8.78 Å². The third-order valence-corrected chi connectivity index (χ3v) is 3.48. The Kier molecular flexibility index (Phi) is 5.11. The normalized spacial score (nSPS) is 12.6. The Hall–Kier alpha value is -1.37. The van der Waals surface area contributed by atoms with Crippen LogP contribution in [0.25, 0.3) is 0 Å². The summed E-state index contributed by atoms with van der Waals surface area (Å²) in [5.74, 6) is -1.21. The molecule has 0 bridgehead atoms. The molecule has 106 valence electrons. The number of halogens is 3. The molecular formula is C12H16BrF2N3O. The maximum atomic E-state index is 13.5. The van der Waals surface area contributed by atoms with E-state index in [1.165, 1.54) is 6.07 Å². The van der Waals surface area contributed by atoms with Crippen LogP contribution in [-0.4, -0.2) is 17.6 Å². The highest BCUT2D eigenvalue weighted by atomic mass is 79.9. The van der Waals surface area contributed by atoms with Crippen molar-refractivity contribution in [3.8, 4) is 0 Å². The Balaban J connectivity index is 2.66. The highest BCUT2D eigenvalue weighted by molar-refractivity contribution is 9.10. The average molecular weight is 336 g/mol. The van der Waals surface area contributed by atoms with Gasteiger partial charge in [0, 0.05) is 18.0 Å². The molecule has 19 heavy (non-hydrogen) atoms. The molecule has 0 amide bonds. The molecule has 0 radical (unpaired) electrons. The summed E-state index contributed by atoms with van der Waals surface area (Å²) in [6.45, 7) is 4.01. The molecule has 0 fully saturated rings. The van der Waals surface area contributed by atoms with E-state index >= 15 is 0 Å². The molecule has 1 aromatic carbocycles. The minimum Gasteiger partial charge on any atom is -0.409 e. The Labute approximate surface area is 118 Å². The third-order valence-electron chi connectivity index (χ3n) is 2.88. The number of rotatable bonds is 5. The molecule has 4 nitrogen and oxygen atoms in total. The molecule has 0 spiro atoms. The molecule has 0 aliphatic rings. The summed E-state index contributed by atoms with van der Waals surface area (Å²) in [7, 11) is 0. The SMILES string of the molecule is CC(C)(CCNc1cc(Br)c(F)cc1F)/C(N)=N/O. The summed E-state index contributed by atoms with van der Waals surface area (Å²) < 4.78 is 26.7. The van der Waals surface area contributed by atoms with Gasteiger partial charge in [0.25, 0.3) is 0 Å². The molecular weight excluding hydrogens is 320 g/mol. The monoisotopic (exact) mass is 335 g/mol. The van der Waals surface area contributed by atoms with Gasteiger partial charge < -0.3 is 16.3 Å². The fourth-order valence-electron chi connectivity index (χ4n) is 1.43. The van der Waals surface area contributed by atoms with E-state index in [9.17, 15) is 8.78 Å². The van der Waals surface area contributed by atoms with Crippen molar-refractivity contribution in [1.29, 1.82) is 0 Å². The first-order chi connectivity index (χ1) is 8.77. The number of oxime groups is 1. The van der Waals surface area contributed by atoms with Gasteiger partial charge in [-0.1, -0.05) is 19.0 Å². The van der Waals surface area contributed by atoms with E-state index in [1.807, 2.05) is 0 Å². The Morgan fingerprint density at radius 1 is 1.42 bits per heavy atom. The van der Waals surface area contributed by atoms with Gasteiger partial charge in [-0.2, -0.15) is 0 Å². The standard InChI is InChI=1S/C12H16BrF2N3O/c1-12(2,11(16)18-19)3-4-17-10-5-7(13)8(14)6-9(10)15/h5-6,17,19H,3-4H2,1-2H3,(H2,16,18). The molecule has 0 saturated carbocycles. The molecule has 0 aliphatic heterocycles. The molecule has 1 rings (SSSR count). The Morgan fingerprint density at radius 3 is 2.63 bits per heavy atom. The molecule has 7 heteroatoms. The van der Waals surface area contributed by atoms with Crippen molar-refractivity contribution in [2.75, 3.05) is 11.9 Å². The van der Waals surface area contributed by atoms with E-state index in [0.717, 1.165) is 6.07 Å². The minimum absolute atomic E-state index is 0.107. The van der Waals surface area contributed by atoms with Crippen LogP contribution in [0.1, 0.15) is 20.3 Å². The van der Waals surface area contributed by atoms with Gasteiger partial charge in [-0.15, -0.1) is 0 Å². The highest BCUT2D eigenvalue weighted by Gasteiger charge is 2.23. The topological polar surface area (TPSA) is 70.6 Å². The lowest BCUT2D eigenvalue weighted by Gasteiger charge is -2.23. The van der Waals surface area contributed by atoms with Crippen molar-refractivity contribution in [1.82, 2.24) is 0 Å². The number of hydrogen-bond acceptors (Lipinski definition) is 3. The number of nitrogens with zero attached hydrogens (tertiary/aromatic N) is 1. The number of amidine groups is 1. The van der Waals surface area contributed by atoms with Crippen LogP contribution >= 0.6 is 15.9 Å². The number of hydrogen-bond donors (Lipinski definition) is 3. The van der Waals surface area contributed by atoms with Crippen LogP contribution in [0, 0.1) is 17.0 Å². The smallest absolute Gasteiger partial charge is 0.149 e. The first kappa shape index (κ1) is 15.7. The van der Waals surface area contributed by atoms with Gasteiger partial charge in [0.2, 0.25) is 0 Å². The zero-order chi connectivity index (χ0) is 14.6. The Bertz CT molecular complexity index is 492. The lowest BCUT2D eigenvalue weighted by molar-refractivity contribution is 0.306. The summed E-state index contributed by atoms with van der Waals surface area (Å²) in [4.78, 5) is 0. The predicted octanol–water partition coefficient (Wildman–Crippen LogP) is 3.30. The van der Waals surface area contributed by atoms with Crippen LogP contribution in [0.15, 0.2) is 21.8 Å². The lowest BCUT2D eigenvalue weighted by atomic mass is 9.88. The quantitative estimate of drug-likeness (QED) is 0.254. The van der Waals surface area contributed by atoms with Crippen LogP contribution in [-0.2, 0) is 0 Å². The van der Waals surface area contributed by atoms with Crippen molar-refractivity contribution in [2.24, 2.45) is 16.3 Å². The summed E-state index contributed by atoms with van der Waals surface area (Å²) in [5.41, 5.74) is 5.22. The first-order valence-electron chi connectivity index (χ1n) is 5.64. The average Bonchev–Trinajstić information content (AvgIpc) is 2.34. The maximum absolute atomic E-state index is 13.5. The number of benzene rings is 1. The van der Waals surface area contributed by atoms with Gasteiger partial charge in [0.05, 0.1) is 10.2 Å². The molecule has 0 aliphatic carbocycles. The van der Waals surface area contributed by atoms with Crippen molar-refractivity contribution < 1.29 is 14.0 Å². The van der Waals surface area contributed by atoms with E-state index in [1.54, 1.807) is 13.8 Å². The summed E-state index contributed by atoms with van der Waals surface area (Å²) in [5, 5.41) is 14.4. The molecule has 0 atom stereocenters. The number of anilines is 1. The van der Waals surface area contributed by atoms with E-state index in [4.69, 9.17) is 10.9 Å². The maximum Gasteiger partial charge on any atom is 0.149 e. The second-order valence-corrected chi connectivity index (χ2v) is 5.65.